The summed E-state index contributed by atoms with van der Waals surface area (Å²) in [6, 6.07) is 6.47. The van der Waals surface area contributed by atoms with Crippen LogP contribution in [0.25, 0.3) is 5.57 Å². The molecule has 3 unspecified atom stereocenters. The Balaban J connectivity index is 2.75. The van der Waals surface area contributed by atoms with E-state index in [0.29, 0.717) is 37.5 Å². The fourth-order valence-corrected chi connectivity index (χ4v) is 4.56. The Hall–Kier alpha value is -2.77. The van der Waals surface area contributed by atoms with E-state index in [1.54, 1.807) is 13.8 Å². The summed E-state index contributed by atoms with van der Waals surface area (Å²) in [6.07, 6.45) is -16.6. The van der Waals surface area contributed by atoms with E-state index in [0.717, 1.165) is 6.07 Å². The third-order valence-electron chi connectivity index (χ3n) is 7.63. The second-order valence-corrected chi connectivity index (χ2v) is 11.7. The zero-order chi connectivity index (χ0) is 33.1. The summed E-state index contributed by atoms with van der Waals surface area (Å²) in [4.78, 5) is 0. The molecule has 0 aliphatic rings. The van der Waals surface area contributed by atoms with Gasteiger partial charge in [0, 0.05) is 23.1 Å². The lowest BCUT2D eigenvalue weighted by Gasteiger charge is -2.33. The maximum atomic E-state index is 13.7. The van der Waals surface area contributed by atoms with Crippen LogP contribution < -0.4 is 5.73 Å². The second-order valence-electron chi connectivity index (χ2n) is 11.7. The first kappa shape index (κ1) is 35.4. The summed E-state index contributed by atoms with van der Waals surface area (Å²) in [6.45, 7) is 7.53. The van der Waals surface area contributed by atoms with Gasteiger partial charge in [-0.1, -0.05) is 38.1 Å². The van der Waals surface area contributed by atoms with Gasteiger partial charge in [0.2, 0.25) is 0 Å². The first-order chi connectivity index (χ1) is 18.5. The van der Waals surface area contributed by atoms with Crippen molar-refractivity contribution in [2.24, 2.45) is 0 Å². The lowest BCUT2D eigenvalue weighted by Crippen LogP contribution is -2.43. The van der Waals surface area contributed by atoms with Gasteiger partial charge < -0.3 is 21.1 Å². The highest BCUT2D eigenvalue weighted by Crippen LogP contribution is 2.45. The van der Waals surface area contributed by atoms with Gasteiger partial charge in [-0.2, -0.15) is 39.5 Å². The molecule has 236 valence electrons. The highest BCUT2D eigenvalue weighted by Gasteiger charge is 2.53. The van der Waals surface area contributed by atoms with Crippen molar-refractivity contribution in [1.82, 2.24) is 0 Å². The third kappa shape index (κ3) is 6.73. The van der Waals surface area contributed by atoms with Gasteiger partial charge in [-0.05, 0) is 80.2 Å². The van der Waals surface area contributed by atoms with Crippen LogP contribution in [-0.2, 0) is 11.0 Å². The predicted molar refractivity (Wildman–Crippen MR) is 140 cm³/mol. The molecule has 0 saturated carbocycles. The number of hydrogen-bond acceptors (Lipinski definition) is 4. The van der Waals surface area contributed by atoms with Gasteiger partial charge in [-0.15, -0.1) is 0 Å². The Morgan fingerprint density at radius 1 is 0.714 bits per heavy atom. The average Bonchev–Trinajstić information content (AvgIpc) is 2.77. The molecule has 0 amide bonds. The van der Waals surface area contributed by atoms with E-state index in [9.17, 15) is 54.8 Å². The van der Waals surface area contributed by atoms with Gasteiger partial charge in [0.1, 0.15) is 0 Å². The molecule has 3 atom stereocenters. The van der Waals surface area contributed by atoms with Crippen LogP contribution in [0.4, 0.5) is 45.2 Å². The molecule has 2 aromatic carbocycles. The molecule has 2 rings (SSSR count). The second kappa shape index (κ2) is 10.7. The van der Waals surface area contributed by atoms with Crippen molar-refractivity contribution in [3.8, 4) is 0 Å². The van der Waals surface area contributed by atoms with E-state index in [1.165, 1.54) is 38.1 Å². The van der Waals surface area contributed by atoms with E-state index >= 15 is 0 Å². The van der Waals surface area contributed by atoms with E-state index in [4.69, 9.17) is 5.73 Å². The van der Waals surface area contributed by atoms with Crippen molar-refractivity contribution in [3.63, 3.8) is 0 Å². The lowest BCUT2D eigenvalue weighted by atomic mass is 9.73. The van der Waals surface area contributed by atoms with Crippen molar-refractivity contribution in [2.45, 2.75) is 95.6 Å². The number of rotatable bonds is 7. The maximum absolute atomic E-state index is 13.7. The summed E-state index contributed by atoms with van der Waals surface area (Å²) < 4.78 is 122. The van der Waals surface area contributed by atoms with E-state index in [-0.39, 0.29) is 22.9 Å². The largest absolute Gasteiger partial charge is 0.421 e. The van der Waals surface area contributed by atoms with Gasteiger partial charge in [-0.3, -0.25) is 0 Å². The Morgan fingerprint density at radius 3 is 1.67 bits per heavy atom. The minimum Gasteiger partial charge on any atom is -0.398 e. The molecular weight excluding hydrogens is 581 g/mol. The zero-order valence-corrected chi connectivity index (χ0v) is 24.0. The SMILES string of the molecule is Cc1cc(/C(=C/C(C)(O)C(F)(F)F)CC(C)(O)C(F)(F)F)ccc1C(C)(C)c1cc(C)c(N)c(C(C)(O)C(F)(F)F)c1. The van der Waals surface area contributed by atoms with Gasteiger partial charge in [0.15, 0.2) is 16.8 Å². The van der Waals surface area contributed by atoms with Crippen molar-refractivity contribution in [2.75, 3.05) is 5.73 Å². The number of anilines is 1. The Kier molecular flexibility index (Phi) is 9.06. The topological polar surface area (TPSA) is 86.7 Å². The van der Waals surface area contributed by atoms with Crippen LogP contribution in [0, 0.1) is 13.8 Å². The minimum absolute atomic E-state index is 0.157. The quantitative estimate of drug-likeness (QED) is 0.193. The normalized spacial score (nSPS) is 18.3. The zero-order valence-electron chi connectivity index (χ0n) is 24.0. The summed E-state index contributed by atoms with van der Waals surface area (Å²) in [5.41, 5.74) is -5.83. The van der Waals surface area contributed by atoms with Crippen molar-refractivity contribution < 1.29 is 54.8 Å². The van der Waals surface area contributed by atoms with Crippen LogP contribution in [0.1, 0.15) is 74.4 Å². The smallest absolute Gasteiger partial charge is 0.398 e. The molecule has 0 aliphatic heterocycles. The maximum Gasteiger partial charge on any atom is 0.421 e. The Morgan fingerprint density at radius 2 is 1.24 bits per heavy atom. The van der Waals surface area contributed by atoms with Crippen LogP contribution in [0.15, 0.2) is 36.4 Å². The minimum atomic E-state index is -5.25. The molecular formula is C29H34F9NO3. The third-order valence-corrected chi connectivity index (χ3v) is 7.63. The van der Waals surface area contributed by atoms with Gasteiger partial charge in [-0.25, -0.2) is 0 Å². The fraction of sp³-hybridized carbons (Fsp3) is 0.517. The molecule has 0 spiro atoms. The number of aryl methyl sites for hydroxylation is 2. The average molecular weight is 616 g/mol. The number of hydrogen-bond donors (Lipinski definition) is 4. The molecule has 0 heterocycles. The number of halogens is 9. The van der Waals surface area contributed by atoms with Gasteiger partial charge in [0.05, 0.1) is 0 Å². The molecule has 2 aromatic rings. The molecule has 0 saturated heterocycles. The molecule has 0 fully saturated rings. The molecule has 5 N–H and O–H groups in total. The standard InChI is InChI=1S/C29H34F9NO3/c1-15-10-17(18(13-24(5,40)27(30,31)32)14-25(6,41)28(33,34)35)8-9-20(15)23(3,4)19-11-16(2)22(39)21(12-19)26(7,42)29(36,37)38/h8-13,40-42H,14,39H2,1-7H3/b18-13+. The highest BCUT2D eigenvalue weighted by molar-refractivity contribution is 5.69. The van der Waals surface area contributed by atoms with Gasteiger partial charge in [0.25, 0.3) is 0 Å². The molecule has 0 radical (unpaired) electrons. The molecule has 4 nitrogen and oxygen atoms in total. The van der Waals surface area contributed by atoms with Gasteiger partial charge >= 0.3 is 18.5 Å². The van der Waals surface area contributed by atoms with E-state index < -0.39 is 58.3 Å². The monoisotopic (exact) mass is 615 g/mol. The van der Waals surface area contributed by atoms with Crippen LogP contribution in [0.2, 0.25) is 0 Å². The predicted octanol–water partition coefficient (Wildman–Crippen LogP) is 7.38. The van der Waals surface area contributed by atoms with E-state index in [1.807, 2.05) is 0 Å². The molecule has 42 heavy (non-hydrogen) atoms. The van der Waals surface area contributed by atoms with Crippen molar-refractivity contribution in [1.29, 1.82) is 0 Å². The molecule has 0 aliphatic carbocycles. The number of alkyl halides is 9. The summed E-state index contributed by atoms with van der Waals surface area (Å²) in [5.74, 6) is 0. The number of nitrogen functional groups attached to an aromatic ring is 1. The first-order valence-electron chi connectivity index (χ1n) is 12.6. The van der Waals surface area contributed by atoms with Crippen LogP contribution in [0.3, 0.4) is 0 Å². The Labute approximate surface area is 237 Å². The number of aliphatic hydroxyl groups is 3. The van der Waals surface area contributed by atoms with Crippen LogP contribution >= 0.6 is 0 Å². The fourth-order valence-electron chi connectivity index (χ4n) is 4.56. The van der Waals surface area contributed by atoms with Crippen molar-refractivity contribution in [3.05, 3.63) is 69.8 Å². The number of benzene rings is 2. The Bertz CT molecular complexity index is 1350. The lowest BCUT2D eigenvalue weighted by molar-refractivity contribution is -0.258. The van der Waals surface area contributed by atoms with Crippen molar-refractivity contribution >= 4 is 11.3 Å². The summed E-state index contributed by atoms with van der Waals surface area (Å²) in [7, 11) is 0. The molecule has 13 heteroatoms. The highest BCUT2D eigenvalue weighted by atomic mass is 19.4. The molecule has 0 bridgehead atoms. The first-order valence-corrected chi connectivity index (χ1v) is 12.6. The summed E-state index contributed by atoms with van der Waals surface area (Å²) in [5, 5.41) is 30.4. The van der Waals surface area contributed by atoms with E-state index in [2.05, 4.69) is 0 Å². The summed E-state index contributed by atoms with van der Waals surface area (Å²) >= 11 is 0. The molecule has 0 aromatic heterocycles. The van der Waals surface area contributed by atoms with Crippen LogP contribution in [-0.4, -0.2) is 45.1 Å². The van der Waals surface area contributed by atoms with Crippen LogP contribution in [0.5, 0.6) is 0 Å². The number of nitrogens with two attached hydrogens (primary N) is 1.